The smallest absolute Gasteiger partial charge is 0.443 e. The third-order valence-corrected chi connectivity index (χ3v) is 4.95. The van der Waals surface area contributed by atoms with Gasteiger partial charge >= 0.3 is 18.0 Å². The average molecular weight is 446 g/mol. The van der Waals surface area contributed by atoms with Crippen LogP contribution < -0.4 is 15.7 Å². The molecule has 14 heteroatoms. The minimum absolute atomic E-state index is 0.0593. The van der Waals surface area contributed by atoms with E-state index >= 15 is 0 Å². The number of hydrogen-bond acceptors (Lipinski definition) is 6. The van der Waals surface area contributed by atoms with Gasteiger partial charge in [0.25, 0.3) is 15.6 Å². The number of sulfonamides is 1. The number of hydrogen-bond donors (Lipinski definition) is 1. The number of amides is 1. The maximum Gasteiger partial charge on any atom is 0.443 e. The van der Waals surface area contributed by atoms with E-state index in [1.807, 2.05) is 4.98 Å². The van der Waals surface area contributed by atoms with E-state index in [0.717, 1.165) is 17.7 Å². The first-order chi connectivity index (χ1) is 13.9. The Hall–Kier alpha value is -3.55. The van der Waals surface area contributed by atoms with Crippen molar-refractivity contribution in [1.82, 2.24) is 14.2 Å². The van der Waals surface area contributed by atoms with E-state index in [1.54, 1.807) is 0 Å². The summed E-state index contributed by atoms with van der Waals surface area (Å²) in [4.78, 5) is 39.1. The van der Waals surface area contributed by atoms with Crippen molar-refractivity contribution >= 4 is 27.0 Å². The predicted octanol–water partition coefficient (Wildman–Crippen LogP) is 1.16. The summed E-state index contributed by atoms with van der Waals surface area (Å²) in [5, 5.41) is -0.469. The molecule has 0 fully saturated rings. The number of alkyl halides is 3. The molecule has 0 saturated carbocycles. The first kappa shape index (κ1) is 21.2. The molecule has 0 atom stereocenters. The second-order valence-electron chi connectivity index (χ2n) is 6.03. The second kappa shape index (κ2) is 7.05. The van der Waals surface area contributed by atoms with Crippen LogP contribution in [-0.2, 0) is 20.9 Å². The van der Waals surface area contributed by atoms with Crippen LogP contribution >= 0.6 is 0 Å². The Labute approximate surface area is 165 Å². The summed E-state index contributed by atoms with van der Waals surface area (Å²) in [7, 11) is -3.69. The molecule has 0 spiro atoms. The standard InChI is InChI=1S/C16H13F3N4O6S/c1-29-15(26)23(30(2,27)28)22-13(24)9-7-12(21-5-3-4-6-21)10(16(17,18)19)8-11(9)20-14(22)25/h3-8H,1-2H3,(H,20,25). The number of nitrogens with one attached hydrogen (secondary N) is 1. The molecule has 3 aromatic rings. The molecule has 1 N–H and O–H groups in total. The SMILES string of the molecule is COC(=O)N(n1c(=O)[nH]c2cc(C(F)(F)F)c(-n3cccc3)cc2c1=O)S(C)(=O)=O. The molecule has 0 aliphatic carbocycles. The lowest BCUT2D eigenvalue weighted by molar-refractivity contribution is -0.137. The van der Waals surface area contributed by atoms with E-state index in [-0.39, 0.29) is 9.09 Å². The molecule has 2 aromatic heterocycles. The Morgan fingerprint density at radius 1 is 1.17 bits per heavy atom. The number of carbonyl (C=O) groups is 1. The fraction of sp³-hybridized carbons (Fsp3) is 0.188. The van der Waals surface area contributed by atoms with Gasteiger partial charge in [0.05, 0.1) is 35.5 Å². The lowest BCUT2D eigenvalue weighted by Gasteiger charge is -2.20. The number of rotatable bonds is 3. The Balaban J connectivity index is 2.45. The molecule has 0 bridgehead atoms. The van der Waals surface area contributed by atoms with Gasteiger partial charge in [0.2, 0.25) is 0 Å². The van der Waals surface area contributed by atoms with E-state index in [9.17, 15) is 36.0 Å². The first-order valence-electron chi connectivity index (χ1n) is 7.98. The van der Waals surface area contributed by atoms with Crippen molar-refractivity contribution in [2.24, 2.45) is 0 Å². The molecular weight excluding hydrogens is 433 g/mol. The maximum atomic E-state index is 13.5. The highest BCUT2D eigenvalue weighted by molar-refractivity contribution is 7.92. The monoisotopic (exact) mass is 446 g/mol. The zero-order valence-electron chi connectivity index (χ0n) is 15.3. The highest BCUT2D eigenvalue weighted by Gasteiger charge is 2.36. The molecule has 1 amide bonds. The van der Waals surface area contributed by atoms with E-state index in [4.69, 9.17) is 0 Å². The number of methoxy groups -OCH3 is 1. The van der Waals surface area contributed by atoms with Gasteiger partial charge in [-0.05, 0) is 24.3 Å². The number of halogens is 3. The maximum absolute atomic E-state index is 13.5. The minimum atomic E-state index is -4.83. The van der Waals surface area contributed by atoms with Crippen LogP contribution in [-0.4, -0.2) is 42.1 Å². The van der Waals surface area contributed by atoms with Gasteiger partial charge in [0.15, 0.2) is 0 Å². The Morgan fingerprint density at radius 2 is 1.77 bits per heavy atom. The van der Waals surface area contributed by atoms with Crippen LogP contribution in [0.4, 0.5) is 18.0 Å². The number of aromatic nitrogens is 3. The molecule has 0 unspecified atom stereocenters. The van der Waals surface area contributed by atoms with Gasteiger partial charge in [0.1, 0.15) is 0 Å². The summed E-state index contributed by atoms with van der Waals surface area (Å²) in [5.74, 6) is 0. The van der Waals surface area contributed by atoms with Crippen LogP contribution in [0.3, 0.4) is 0 Å². The Kier molecular flexibility index (Phi) is 4.97. The summed E-state index contributed by atoms with van der Waals surface area (Å²) in [6.45, 7) is 0. The van der Waals surface area contributed by atoms with E-state index in [2.05, 4.69) is 4.74 Å². The average Bonchev–Trinajstić information content (AvgIpc) is 3.16. The summed E-state index contributed by atoms with van der Waals surface area (Å²) >= 11 is 0. The fourth-order valence-corrected chi connectivity index (χ4v) is 3.58. The summed E-state index contributed by atoms with van der Waals surface area (Å²) < 4.78 is 69.7. The molecule has 2 heterocycles. The minimum Gasteiger partial charge on any atom is -0.451 e. The van der Waals surface area contributed by atoms with E-state index < -0.39 is 55.7 Å². The van der Waals surface area contributed by atoms with Crippen molar-refractivity contribution < 1.29 is 31.1 Å². The molecule has 0 radical (unpaired) electrons. The van der Waals surface area contributed by atoms with Gasteiger partial charge < -0.3 is 14.3 Å². The zero-order chi connectivity index (χ0) is 22.4. The lowest BCUT2D eigenvalue weighted by atomic mass is 10.1. The predicted molar refractivity (Wildman–Crippen MR) is 98.6 cm³/mol. The molecule has 1 aromatic carbocycles. The number of nitrogens with zero attached hydrogens (tertiary/aromatic N) is 3. The number of benzene rings is 1. The third-order valence-electron chi connectivity index (χ3n) is 4.01. The fourth-order valence-electron chi connectivity index (χ4n) is 2.79. The molecule has 30 heavy (non-hydrogen) atoms. The quantitative estimate of drug-likeness (QED) is 0.644. The second-order valence-corrected chi connectivity index (χ2v) is 7.84. The summed E-state index contributed by atoms with van der Waals surface area (Å²) in [5.41, 5.74) is -4.88. The van der Waals surface area contributed by atoms with Crippen LogP contribution in [0.2, 0.25) is 0 Å². The van der Waals surface area contributed by atoms with Gasteiger partial charge in [-0.2, -0.15) is 13.2 Å². The summed E-state index contributed by atoms with van der Waals surface area (Å²) in [6, 6.07) is 4.31. The molecule has 3 rings (SSSR count). The van der Waals surface area contributed by atoms with Crippen molar-refractivity contribution in [3.63, 3.8) is 0 Å². The molecular formula is C16H13F3N4O6S. The van der Waals surface area contributed by atoms with Gasteiger partial charge in [0, 0.05) is 12.4 Å². The topological polar surface area (TPSA) is 123 Å². The molecule has 0 aliphatic rings. The highest BCUT2D eigenvalue weighted by atomic mass is 32.2. The van der Waals surface area contributed by atoms with Crippen molar-refractivity contribution in [2.45, 2.75) is 6.18 Å². The van der Waals surface area contributed by atoms with Crippen molar-refractivity contribution in [2.75, 3.05) is 17.8 Å². The van der Waals surface area contributed by atoms with Crippen molar-refractivity contribution in [1.29, 1.82) is 0 Å². The van der Waals surface area contributed by atoms with Crippen LogP contribution in [0.5, 0.6) is 0 Å². The van der Waals surface area contributed by atoms with Gasteiger partial charge in [-0.1, -0.05) is 4.41 Å². The Bertz CT molecular complexity index is 1360. The summed E-state index contributed by atoms with van der Waals surface area (Å²) in [6.07, 6.45) is -3.25. The van der Waals surface area contributed by atoms with Crippen LogP contribution in [0.25, 0.3) is 16.6 Å². The normalized spacial score (nSPS) is 12.2. The first-order valence-corrected chi connectivity index (χ1v) is 9.83. The van der Waals surface area contributed by atoms with Crippen molar-refractivity contribution in [3.05, 3.63) is 63.1 Å². The number of H-pyrrole nitrogens is 1. The van der Waals surface area contributed by atoms with Crippen LogP contribution in [0.1, 0.15) is 5.56 Å². The lowest BCUT2D eigenvalue weighted by Crippen LogP contribution is -2.55. The van der Waals surface area contributed by atoms with Crippen LogP contribution in [0, 0.1) is 0 Å². The largest absolute Gasteiger partial charge is 0.451 e. The van der Waals surface area contributed by atoms with Gasteiger partial charge in [-0.3, -0.25) is 4.79 Å². The zero-order valence-corrected chi connectivity index (χ0v) is 16.1. The number of aromatic amines is 1. The number of carbonyl (C=O) groups excluding carboxylic acids is 1. The molecule has 10 nitrogen and oxygen atoms in total. The highest BCUT2D eigenvalue weighted by Crippen LogP contribution is 2.35. The molecule has 160 valence electrons. The third kappa shape index (κ3) is 3.56. The van der Waals surface area contributed by atoms with Gasteiger partial charge in [-0.25, -0.2) is 18.0 Å². The van der Waals surface area contributed by atoms with E-state index in [1.165, 1.54) is 24.5 Å². The van der Waals surface area contributed by atoms with Crippen molar-refractivity contribution in [3.8, 4) is 5.69 Å². The number of fused-ring (bicyclic) bond motifs is 1. The molecule has 0 saturated heterocycles. The van der Waals surface area contributed by atoms with Crippen LogP contribution in [0.15, 0.2) is 46.2 Å². The molecule has 0 aliphatic heterocycles. The number of ether oxygens (including phenoxy) is 1. The van der Waals surface area contributed by atoms with E-state index in [0.29, 0.717) is 12.3 Å². The Morgan fingerprint density at radius 3 is 2.27 bits per heavy atom. The van der Waals surface area contributed by atoms with Gasteiger partial charge in [-0.15, -0.1) is 4.68 Å².